The van der Waals surface area contributed by atoms with Gasteiger partial charge in [-0.3, -0.25) is 4.90 Å². The quantitative estimate of drug-likeness (QED) is 0.617. The SMILES string of the molecule is CO[C@H]1CN(C(C)C)C[C@@H]1N. The van der Waals surface area contributed by atoms with Crippen molar-refractivity contribution in [3.63, 3.8) is 0 Å². The lowest BCUT2D eigenvalue weighted by Gasteiger charge is -2.19. The van der Waals surface area contributed by atoms with E-state index in [-0.39, 0.29) is 12.1 Å². The molecule has 0 aliphatic carbocycles. The van der Waals surface area contributed by atoms with Crippen LogP contribution in [0.3, 0.4) is 0 Å². The van der Waals surface area contributed by atoms with Gasteiger partial charge in [0.05, 0.1) is 6.10 Å². The summed E-state index contributed by atoms with van der Waals surface area (Å²) < 4.78 is 5.24. The lowest BCUT2D eigenvalue weighted by Crippen LogP contribution is -2.34. The minimum Gasteiger partial charge on any atom is -0.378 e. The van der Waals surface area contributed by atoms with Crippen LogP contribution in [-0.2, 0) is 4.74 Å². The Bertz CT molecular complexity index is 127. The maximum absolute atomic E-state index is 5.85. The van der Waals surface area contributed by atoms with E-state index in [2.05, 4.69) is 18.7 Å². The van der Waals surface area contributed by atoms with Gasteiger partial charge in [-0.15, -0.1) is 0 Å². The van der Waals surface area contributed by atoms with Crippen molar-refractivity contribution in [2.24, 2.45) is 5.73 Å². The van der Waals surface area contributed by atoms with Crippen LogP contribution in [0.15, 0.2) is 0 Å². The molecule has 0 aromatic heterocycles. The van der Waals surface area contributed by atoms with Crippen LogP contribution >= 0.6 is 0 Å². The summed E-state index contributed by atoms with van der Waals surface area (Å²) in [6.07, 6.45) is 0.234. The minimum atomic E-state index is 0.197. The van der Waals surface area contributed by atoms with Crippen molar-refractivity contribution in [1.82, 2.24) is 4.90 Å². The first-order chi connectivity index (χ1) is 5.15. The van der Waals surface area contributed by atoms with E-state index in [0.29, 0.717) is 6.04 Å². The Hall–Kier alpha value is -0.120. The summed E-state index contributed by atoms with van der Waals surface area (Å²) in [6.45, 7) is 6.32. The van der Waals surface area contributed by atoms with E-state index in [4.69, 9.17) is 10.5 Å². The summed E-state index contributed by atoms with van der Waals surface area (Å²) in [5, 5.41) is 0. The first-order valence-electron chi connectivity index (χ1n) is 4.17. The zero-order valence-electron chi connectivity index (χ0n) is 7.58. The molecule has 0 radical (unpaired) electrons. The van der Waals surface area contributed by atoms with Crippen LogP contribution in [0.4, 0.5) is 0 Å². The average molecular weight is 158 g/mol. The number of hydrogen-bond donors (Lipinski definition) is 1. The zero-order chi connectivity index (χ0) is 8.43. The molecule has 0 unspecified atom stereocenters. The highest BCUT2D eigenvalue weighted by molar-refractivity contribution is 4.88. The normalized spacial score (nSPS) is 33.5. The van der Waals surface area contributed by atoms with Gasteiger partial charge in [0.1, 0.15) is 0 Å². The zero-order valence-corrected chi connectivity index (χ0v) is 7.58. The molecule has 66 valence electrons. The van der Waals surface area contributed by atoms with Crippen LogP contribution in [0.1, 0.15) is 13.8 Å². The van der Waals surface area contributed by atoms with Gasteiger partial charge in [0.2, 0.25) is 0 Å². The Morgan fingerprint density at radius 3 is 2.36 bits per heavy atom. The van der Waals surface area contributed by atoms with Crippen molar-refractivity contribution in [1.29, 1.82) is 0 Å². The number of nitrogens with zero attached hydrogens (tertiary/aromatic N) is 1. The molecule has 0 amide bonds. The van der Waals surface area contributed by atoms with Crippen LogP contribution < -0.4 is 5.73 Å². The van der Waals surface area contributed by atoms with E-state index in [0.717, 1.165) is 13.1 Å². The monoisotopic (exact) mass is 158 g/mol. The van der Waals surface area contributed by atoms with E-state index < -0.39 is 0 Å². The first kappa shape index (κ1) is 8.97. The third-order valence-corrected chi connectivity index (χ3v) is 2.37. The molecule has 1 saturated heterocycles. The van der Waals surface area contributed by atoms with Gasteiger partial charge < -0.3 is 10.5 Å². The summed E-state index contributed by atoms with van der Waals surface area (Å²) in [5.74, 6) is 0. The van der Waals surface area contributed by atoms with Crippen LogP contribution in [0.2, 0.25) is 0 Å². The molecule has 3 heteroatoms. The Labute approximate surface area is 68.5 Å². The maximum atomic E-state index is 5.85. The first-order valence-corrected chi connectivity index (χ1v) is 4.17. The van der Waals surface area contributed by atoms with E-state index in [9.17, 15) is 0 Å². The Morgan fingerprint density at radius 1 is 1.45 bits per heavy atom. The van der Waals surface area contributed by atoms with E-state index in [1.807, 2.05) is 0 Å². The predicted molar refractivity (Wildman–Crippen MR) is 45.5 cm³/mol. The molecule has 0 spiro atoms. The molecule has 2 N–H and O–H groups in total. The number of rotatable bonds is 2. The fourth-order valence-corrected chi connectivity index (χ4v) is 1.50. The fraction of sp³-hybridized carbons (Fsp3) is 1.00. The van der Waals surface area contributed by atoms with Gasteiger partial charge in [0, 0.05) is 32.3 Å². The second-order valence-corrected chi connectivity index (χ2v) is 3.49. The second-order valence-electron chi connectivity index (χ2n) is 3.49. The molecule has 0 saturated carbocycles. The minimum absolute atomic E-state index is 0.197. The molecule has 1 rings (SSSR count). The van der Waals surface area contributed by atoms with Gasteiger partial charge in [-0.2, -0.15) is 0 Å². The molecular weight excluding hydrogens is 140 g/mol. The Morgan fingerprint density at radius 2 is 2.09 bits per heavy atom. The van der Waals surface area contributed by atoms with Crippen molar-refractivity contribution >= 4 is 0 Å². The lowest BCUT2D eigenvalue weighted by atomic mass is 10.2. The highest BCUT2D eigenvalue weighted by atomic mass is 16.5. The van der Waals surface area contributed by atoms with Crippen LogP contribution in [0, 0.1) is 0 Å². The van der Waals surface area contributed by atoms with E-state index >= 15 is 0 Å². The molecule has 1 aliphatic heterocycles. The molecule has 3 nitrogen and oxygen atoms in total. The summed E-state index contributed by atoms with van der Waals surface area (Å²) in [4.78, 5) is 2.35. The van der Waals surface area contributed by atoms with Crippen LogP contribution in [-0.4, -0.2) is 43.3 Å². The summed E-state index contributed by atoms with van der Waals surface area (Å²) >= 11 is 0. The van der Waals surface area contributed by atoms with E-state index in [1.165, 1.54) is 0 Å². The fourth-order valence-electron chi connectivity index (χ4n) is 1.50. The standard InChI is InChI=1S/C8H18N2O/c1-6(2)10-4-7(9)8(5-10)11-3/h6-8H,4-5,9H2,1-3H3/t7-,8-/m0/s1. The van der Waals surface area contributed by atoms with Crippen LogP contribution in [0.5, 0.6) is 0 Å². The lowest BCUT2D eigenvalue weighted by molar-refractivity contribution is 0.0951. The third-order valence-electron chi connectivity index (χ3n) is 2.37. The topological polar surface area (TPSA) is 38.5 Å². The number of hydrogen-bond acceptors (Lipinski definition) is 3. The molecule has 0 aromatic carbocycles. The number of nitrogens with two attached hydrogens (primary N) is 1. The van der Waals surface area contributed by atoms with Crippen molar-refractivity contribution < 1.29 is 4.74 Å². The molecule has 1 fully saturated rings. The molecule has 0 bridgehead atoms. The summed E-state index contributed by atoms with van der Waals surface area (Å²) in [7, 11) is 1.73. The molecule has 1 aliphatic rings. The highest BCUT2D eigenvalue weighted by Crippen LogP contribution is 2.13. The maximum Gasteiger partial charge on any atom is 0.0861 e. The van der Waals surface area contributed by atoms with Gasteiger partial charge in [0.25, 0.3) is 0 Å². The van der Waals surface area contributed by atoms with E-state index in [1.54, 1.807) is 7.11 Å². The third kappa shape index (κ3) is 1.92. The Kier molecular flexibility index (Phi) is 2.87. The second kappa shape index (κ2) is 3.52. The molecule has 11 heavy (non-hydrogen) atoms. The Balaban J connectivity index is 2.43. The summed E-state index contributed by atoms with van der Waals surface area (Å²) in [6, 6.07) is 0.781. The number of methoxy groups -OCH3 is 1. The average Bonchev–Trinajstić information content (AvgIpc) is 2.31. The highest BCUT2D eigenvalue weighted by Gasteiger charge is 2.30. The largest absolute Gasteiger partial charge is 0.378 e. The van der Waals surface area contributed by atoms with Crippen molar-refractivity contribution in [3.8, 4) is 0 Å². The van der Waals surface area contributed by atoms with Gasteiger partial charge in [-0.05, 0) is 13.8 Å². The van der Waals surface area contributed by atoms with Crippen molar-refractivity contribution in [3.05, 3.63) is 0 Å². The van der Waals surface area contributed by atoms with Crippen molar-refractivity contribution in [2.75, 3.05) is 20.2 Å². The molecular formula is C8H18N2O. The number of likely N-dealkylation sites (tertiary alicyclic amines) is 1. The van der Waals surface area contributed by atoms with Gasteiger partial charge in [-0.25, -0.2) is 0 Å². The predicted octanol–water partition coefficient (Wildman–Crippen LogP) is 0.0527. The van der Waals surface area contributed by atoms with Gasteiger partial charge in [0.15, 0.2) is 0 Å². The smallest absolute Gasteiger partial charge is 0.0861 e. The van der Waals surface area contributed by atoms with Crippen molar-refractivity contribution in [2.45, 2.75) is 32.0 Å². The number of ether oxygens (including phenoxy) is 1. The van der Waals surface area contributed by atoms with Gasteiger partial charge in [-0.1, -0.05) is 0 Å². The molecule has 0 aromatic rings. The molecule has 2 atom stereocenters. The van der Waals surface area contributed by atoms with Gasteiger partial charge >= 0.3 is 0 Å². The summed E-state index contributed by atoms with van der Waals surface area (Å²) in [5.41, 5.74) is 5.85. The molecule has 1 heterocycles. The van der Waals surface area contributed by atoms with Crippen LogP contribution in [0.25, 0.3) is 0 Å².